The van der Waals surface area contributed by atoms with Crippen LogP contribution in [0.25, 0.3) is 33.7 Å². The van der Waals surface area contributed by atoms with E-state index in [0.717, 1.165) is 0 Å². The Morgan fingerprint density at radius 2 is 1.59 bits per heavy atom. The molecule has 0 nitrogen and oxygen atoms in total. The van der Waals surface area contributed by atoms with E-state index >= 15 is 0 Å². The number of hydrogen-bond donors (Lipinski definition) is 0. The van der Waals surface area contributed by atoms with Gasteiger partial charge in [0.25, 0.3) is 0 Å². The minimum Gasteiger partial charge on any atom is -0.0984 e. The summed E-state index contributed by atoms with van der Waals surface area (Å²) in [6.45, 7) is 6.00. The number of hydrogen-bond acceptors (Lipinski definition) is 0. The lowest BCUT2D eigenvalue weighted by molar-refractivity contribution is 1.66. The van der Waals surface area contributed by atoms with Gasteiger partial charge in [0.05, 0.1) is 0 Å². The first kappa shape index (κ1) is 10.1. The van der Waals surface area contributed by atoms with Crippen LogP contribution in [-0.4, -0.2) is 0 Å². The van der Waals surface area contributed by atoms with Crippen LogP contribution in [0.2, 0.25) is 0 Å². The van der Waals surface area contributed by atoms with Gasteiger partial charge in [0.15, 0.2) is 0 Å². The molecule has 0 unspecified atom stereocenters. The second-order valence-electron chi connectivity index (χ2n) is 4.26. The highest BCUT2D eigenvalue weighted by Crippen LogP contribution is 2.27. The lowest BCUT2D eigenvalue weighted by atomic mass is 9.95. The van der Waals surface area contributed by atoms with Crippen LogP contribution in [0, 0.1) is 0 Å². The van der Waals surface area contributed by atoms with E-state index < -0.39 is 0 Å². The van der Waals surface area contributed by atoms with Crippen molar-refractivity contribution in [1.29, 1.82) is 0 Å². The lowest BCUT2D eigenvalue weighted by Crippen LogP contribution is -2.02. The molecule has 0 radical (unpaired) electrons. The summed E-state index contributed by atoms with van der Waals surface area (Å²) >= 11 is 0. The predicted molar refractivity (Wildman–Crippen MR) is 76.9 cm³/mol. The van der Waals surface area contributed by atoms with Crippen molar-refractivity contribution in [3.63, 3.8) is 0 Å². The highest BCUT2D eigenvalue weighted by Gasteiger charge is 2.05. The summed E-state index contributed by atoms with van der Waals surface area (Å²) in [5, 5.41) is 6.54. The van der Waals surface area contributed by atoms with Crippen LogP contribution < -0.4 is 5.22 Å². The largest absolute Gasteiger partial charge is 0.0984 e. The Hall–Kier alpha value is -2.08. The third-order valence-electron chi connectivity index (χ3n) is 3.37. The molecule has 0 saturated heterocycles. The van der Waals surface area contributed by atoms with Crippen LogP contribution in [0.5, 0.6) is 0 Å². The highest BCUT2D eigenvalue weighted by molar-refractivity contribution is 6.12. The van der Waals surface area contributed by atoms with Gasteiger partial charge in [-0.1, -0.05) is 61.2 Å². The third kappa shape index (κ3) is 1.38. The fourth-order valence-electron chi connectivity index (χ4n) is 2.55. The van der Waals surface area contributed by atoms with E-state index in [-0.39, 0.29) is 0 Å². The van der Waals surface area contributed by atoms with Crippen molar-refractivity contribution < 1.29 is 0 Å². The second kappa shape index (κ2) is 3.74. The Balaban J connectivity index is 2.74. The van der Waals surface area contributed by atoms with Gasteiger partial charge in [0.1, 0.15) is 0 Å². The molecule has 0 fully saturated rings. The molecule has 17 heavy (non-hydrogen) atoms. The second-order valence-corrected chi connectivity index (χ2v) is 4.26. The zero-order valence-electron chi connectivity index (χ0n) is 9.90. The Bertz CT molecular complexity index is 748. The first-order chi connectivity index (χ1) is 8.35. The van der Waals surface area contributed by atoms with Crippen molar-refractivity contribution in [2.75, 3.05) is 0 Å². The van der Waals surface area contributed by atoms with Gasteiger partial charge < -0.3 is 0 Å². The fraction of sp³-hybridized carbons (Fsp3) is 0.0588. The van der Waals surface area contributed by atoms with Gasteiger partial charge in [-0.3, -0.25) is 0 Å². The molecule has 0 aliphatic heterocycles. The zero-order chi connectivity index (χ0) is 11.8. The van der Waals surface area contributed by atoms with Gasteiger partial charge in [0, 0.05) is 0 Å². The van der Waals surface area contributed by atoms with E-state index in [1.807, 2.05) is 6.08 Å². The van der Waals surface area contributed by atoms with Crippen LogP contribution in [0.1, 0.15) is 12.5 Å². The average Bonchev–Trinajstić information content (AvgIpc) is 2.40. The molecule has 0 heterocycles. The van der Waals surface area contributed by atoms with Crippen LogP contribution in [0.4, 0.5) is 0 Å². The molecule has 0 spiro atoms. The molecule has 0 bridgehead atoms. The summed E-state index contributed by atoms with van der Waals surface area (Å²) in [6.07, 6.45) is 4.10. The Kier molecular flexibility index (Phi) is 2.22. The quantitative estimate of drug-likeness (QED) is 0.575. The summed E-state index contributed by atoms with van der Waals surface area (Å²) in [5.41, 5.74) is 1.21. The zero-order valence-corrected chi connectivity index (χ0v) is 9.90. The van der Waals surface area contributed by atoms with Crippen molar-refractivity contribution in [2.24, 2.45) is 0 Å². The smallest absolute Gasteiger partial charge is 0.00269 e. The van der Waals surface area contributed by atoms with E-state index in [1.54, 1.807) is 0 Å². The maximum absolute atomic E-state index is 3.92. The van der Waals surface area contributed by atoms with E-state index in [1.165, 1.54) is 32.3 Å². The van der Waals surface area contributed by atoms with Crippen molar-refractivity contribution in [3.8, 4) is 0 Å². The first-order valence-electron chi connectivity index (χ1n) is 5.88. The van der Waals surface area contributed by atoms with Crippen LogP contribution >= 0.6 is 0 Å². The Morgan fingerprint density at radius 1 is 0.882 bits per heavy atom. The fourth-order valence-corrected chi connectivity index (χ4v) is 2.55. The molecule has 3 aromatic rings. The Labute approximate surface area is 101 Å². The molecule has 3 rings (SSSR count). The average molecular weight is 218 g/mol. The van der Waals surface area contributed by atoms with Crippen LogP contribution in [0.3, 0.4) is 0 Å². The molecule has 0 aliphatic rings. The topological polar surface area (TPSA) is 0 Å². The maximum Gasteiger partial charge on any atom is -0.00269 e. The van der Waals surface area contributed by atoms with Gasteiger partial charge in [-0.15, -0.1) is 0 Å². The molecule has 0 N–H and O–H groups in total. The van der Waals surface area contributed by atoms with Gasteiger partial charge in [-0.05, 0) is 39.3 Å². The molecule has 0 aromatic heterocycles. The maximum atomic E-state index is 3.92. The van der Waals surface area contributed by atoms with Crippen LogP contribution in [-0.2, 0) is 0 Å². The summed E-state index contributed by atoms with van der Waals surface area (Å²) in [6, 6.07) is 15.1. The van der Waals surface area contributed by atoms with Gasteiger partial charge in [-0.25, -0.2) is 0 Å². The SMILES string of the molecule is C=Cc1ccc2cccc3cc/c(=C/C)c1c23. The summed E-state index contributed by atoms with van der Waals surface area (Å²) in [5.74, 6) is 0. The van der Waals surface area contributed by atoms with E-state index in [9.17, 15) is 0 Å². The van der Waals surface area contributed by atoms with Gasteiger partial charge in [0.2, 0.25) is 0 Å². The van der Waals surface area contributed by atoms with Gasteiger partial charge in [-0.2, -0.15) is 0 Å². The molecule has 0 saturated carbocycles. The normalized spacial score (nSPS) is 12.4. The molecule has 0 heteroatoms. The minimum absolute atomic E-state index is 1.21. The monoisotopic (exact) mass is 218 g/mol. The molecule has 3 aromatic carbocycles. The van der Waals surface area contributed by atoms with Crippen LogP contribution in [0.15, 0.2) is 49.0 Å². The predicted octanol–water partition coefficient (Wildman–Crippen LogP) is 4.16. The molecule has 0 aliphatic carbocycles. The molecular formula is C17H14. The molecule has 0 atom stereocenters. The first-order valence-corrected chi connectivity index (χ1v) is 5.88. The van der Waals surface area contributed by atoms with Crippen molar-refractivity contribution in [1.82, 2.24) is 0 Å². The Morgan fingerprint density at radius 3 is 2.24 bits per heavy atom. The van der Waals surface area contributed by atoms with Crippen molar-refractivity contribution in [3.05, 3.63) is 59.8 Å². The summed E-state index contributed by atoms with van der Waals surface area (Å²) in [7, 11) is 0. The number of rotatable bonds is 1. The number of benzene rings is 3. The standard InChI is InChI=1S/C17H14/c1-3-12-8-10-14-6-5-7-15-11-9-13(4-2)16(12)17(14)15/h3-11H,1H2,2H3/b13-4-. The molecular weight excluding hydrogens is 204 g/mol. The van der Waals surface area contributed by atoms with E-state index in [2.05, 4.69) is 62.0 Å². The molecule has 82 valence electrons. The van der Waals surface area contributed by atoms with E-state index in [0.29, 0.717) is 0 Å². The highest BCUT2D eigenvalue weighted by atomic mass is 14.1. The van der Waals surface area contributed by atoms with Gasteiger partial charge >= 0.3 is 0 Å². The van der Waals surface area contributed by atoms with Crippen molar-refractivity contribution >= 4 is 33.7 Å². The summed E-state index contributed by atoms with van der Waals surface area (Å²) in [4.78, 5) is 0. The summed E-state index contributed by atoms with van der Waals surface area (Å²) < 4.78 is 0. The molecule has 0 amide bonds. The third-order valence-corrected chi connectivity index (χ3v) is 3.37. The van der Waals surface area contributed by atoms with E-state index in [4.69, 9.17) is 0 Å². The lowest BCUT2D eigenvalue weighted by Gasteiger charge is -2.09. The van der Waals surface area contributed by atoms with Crippen molar-refractivity contribution in [2.45, 2.75) is 6.92 Å². The minimum atomic E-state index is 1.21.